The van der Waals surface area contributed by atoms with Crippen molar-refractivity contribution in [3.05, 3.63) is 51.7 Å². The lowest BCUT2D eigenvalue weighted by atomic mass is 9.95. The van der Waals surface area contributed by atoms with Gasteiger partial charge in [0.05, 0.1) is 28.7 Å². The maximum Gasteiger partial charge on any atom is 0.198 e. The molecule has 1 heterocycles. The molecule has 7 heteroatoms. The molecule has 0 aliphatic rings. The molecule has 0 unspecified atom stereocenters. The van der Waals surface area contributed by atoms with Gasteiger partial charge in [0.1, 0.15) is 11.9 Å². The summed E-state index contributed by atoms with van der Waals surface area (Å²) in [6.07, 6.45) is 2.60. The van der Waals surface area contributed by atoms with Crippen molar-refractivity contribution >= 4 is 28.3 Å². The number of rotatable bonds is 4. The third-order valence-electron chi connectivity index (χ3n) is 3.54. The van der Waals surface area contributed by atoms with Crippen LogP contribution < -0.4 is 0 Å². The van der Waals surface area contributed by atoms with E-state index >= 15 is 0 Å². The third kappa shape index (κ3) is 3.08. The Bertz CT molecular complexity index is 931. The zero-order chi connectivity index (χ0) is 18.0. The molecule has 0 bridgehead atoms. The van der Waals surface area contributed by atoms with Crippen molar-refractivity contribution in [1.82, 2.24) is 9.78 Å². The van der Waals surface area contributed by atoms with Gasteiger partial charge >= 0.3 is 0 Å². The number of carbonyl (C=O) groups excluding carboxylic acids is 1. The standard InChI is InChI=1S/C17H14ClF2N3O/c1-4-13(18)10(5-9(2)19)17(24)16-11(7-21)12-8-22-23(3)15(12)6-14(16)20/h5-6,8H,4H2,1-3H3/b9-5+,13-10-. The van der Waals surface area contributed by atoms with Crippen molar-refractivity contribution in [3.8, 4) is 6.07 Å². The van der Waals surface area contributed by atoms with Crippen LogP contribution in [0.3, 0.4) is 0 Å². The van der Waals surface area contributed by atoms with Crippen LogP contribution in [-0.4, -0.2) is 15.6 Å². The average Bonchev–Trinajstić information content (AvgIpc) is 2.90. The summed E-state index contributed by atoms with van der Waals surface area (Å²) < 4.78 is 29.3. The summed E-state index contributed by atoms with van der Waals surface area (Å²) in [7, 11) is 1.60. The number of ketones is 1. The number of nitriles is 1. The highest BCUT2D eigenvalue weighted by Gasteiger charge is 2.25. The van der Waals surface area contributed by atoms with Gasteiger partial charge in [0.15, 0.2) is 5.78 Å². The second-order valence-electron chi connectivity index (χ2n) is 5.15. The predicted octanol–water partition coefficient (Wildman–Crippen LogP) is 4.54. The molecule has 124 valence electrons. The smallest absolute Gasteiger partial charge is 0.198 e. The monoisotopic (exact) mass is 349 g/mol. The molecule has 1 aromatic heterocycles. The van der Waals surface area contributed by atoms with Crippen LogP contribution in [-0.2, 0) is 7.05 Å². The minimum atomic E-state index is -0.879. The Labute approximate surface area is 142 Å². The predicted molar refractivity (Wildman–Crippen MR) is 87.8 cm³/mol. The first-order valence-corrected chi connectivity index (χ1v) is 7.51. The van der Waals surface area contributed by atoms with Crippen molar-refractivity contribution in [1.29, 1.82) is 5.26 Å². The molecule has 24 heavy (non-hydrogen) atoms. The Morgan fingerprint density at radius 1 is 1.54 bits per heavy atom. The third-order valence-corrected chi connectivity index (χ3v) is 4.01. The van der Waals surface area contributed by atoms with Crippen LogP contribution in [0.2, 0.25) is 0 Å². The number of Topliss-reactive ketones (excluding diaryl/α,β-unsaturated/α-hetero) is 1. The largest absolute Gasteiger partial charge is 0.288 e. The summed E-state index contributed by atoms with van der Waals surface area (Å²) in [5.41, 5.74) is -0.370. The Morgan fingerprint density at radius 3 is 2.75 bits per heavy atom. The Morgan fingerprint density at radius 2 is 2.21 bits per heavy atom. The summed E-state index contributed by atoms with van der Waals surface area (Å²) in [6.45, 7) is 2.84. The summed E-state index contributed by atoms with van der Waals surface area (Å²) >= 11 is 6.02. The number of hydrogen-bond acceptors (Lipinski definition) is 3. The van der Waals surface area contributed by atoms with Gasteiger partial charge in [0, 0.05) is 29.1 Å². The van der Waals surface area contributed by atoms with Crippen LogP contribution in [0.4, 0.5) is 8.78 Å². The Balaban J connectivity index is 2.80. The highest BCUT2D eigenvalue weighted by atomic mass is 35.5. The molecule has 4 nitrogen and oxygen atoms in total. The topological polar surface area (TPSA) is 58.7 Å². The number of allylic oxidation sites excluding steroid dienone is 4. The number of nitrogens with zero attached hydrogens (tertiary/aromatic N) is 3. The van der Waals surface area contributed by atoms with E-state index in [1.807, 2.05) is 6.07 Å². The molecule has 1 aromatic carbocycles. The number of benzene rings is 1. The first-order chi connectivity index (χ1) is 11.3. The van der Waals surface area contributed by atoms with Crippen molar-refractivity contribution in [2.75, 3.05) is 0 Å². The van der Waals surface area contributed by atoms with Gasteiger partial charge in [-0.25, -0.2) is 8.78 Å². The molecule has 2 rings (SSSR count). The Kier molecular flexibility index (Phi) is 5.15. The van der Waals surface area contributed by atoms with E-state index in [1.54, 1.807) is 14.0 Å². The van der Waals surface area contributed by atoms with Crippen LogP contribution in [0.5, 0.6) is 0 Å². The number of halogens is 3. The highest BCUT2D eigenvalue weighted by molar-refractivity contribution is 6.33. The van der Waals surface area contributed by atoms with Gasteiger partial charge in [0.2, 0.25) is 0 Å². The zero-order valence-electron chi connectivity index (χ0n) is 13.3. The van der Waals surface area contributed by atoms with Gasteiger partial charge in [-0.05, 0) is 19.4 Å². The second-order valence-corrected chi connectivity index (χ2v) is 5.61. The van der Waals surface area contributed by atoms with Crippen molar-refractivity contribution in [2.45, 2.75) is 20.3 Å². The van der Waals surface area contributed by atoms with Gasteiger partial charge < -0.3 is 0 Å². The minimum absolute atomic E-state index is 0.0894. The highest BCUT2D eigenvalue weighted by Crippen LogP contribution is 2.29. The first-order valence-electron chi connectivity index (χ1n) is 7.13. The van der Waals surface area contributed by atoms with Crippen molar-refractivity contribution < 1.29 is 13.6 Å². The molecule has 0 saturated heterocycles. The number of hydrogen-bond donors (Lipinski definition) is 0. The second kappa shape index (κ2) is 6.93. The van der Waals surface area contributed by atoms with E-state index in [1.165, 1.54) is 10.9 Å². The van der Waals surface area contributed by atoms with Crippen molar-refractivity contribution in [2.24, 2.45) is 7.05 Å². The minimum Gasteiger partial charge on any atom is -0.288 e. The van der Waals surface area contributed by atoms with Crippen LogP contribution in [0.15, 0.2) is 34.8 Å². The number of fused-ring (bicyclic) bond motifs is 1. The fraction of sp³-hybridized carbons (Fsp3) is 0.235. The summed E-state index contributed by atoms with van der Waals surface area (Å²) in [5, 5.41) is 13.8. The summed E-state index contributed by atoms with van der Waals surface area (Å²) in [4.78, 5) is 12.8. The van der Waals surface area contributed by atoms with Crippen molar-refractivity contribution in [3.63, 3.8) is 0 Å². The maximum absolute atomic E-state index is 14.5. The molecular formula is C17H14ClF2N3O. The van der Waals surface area contributed by atoms with Crippen LogP contribution >= 0.6 is 11.6 Å². The number of aryl methyl sites for hydroxylation is 1. The SMILES string of the molecule is CC/C(Cl)=C(\C=C(/C)F)C(=O)c1c(F)cc2c(cnn2C)c1C#N. The van der Waals surface area contributed by atoms with Crippen LogP contribution in [0.25, 0.3) is 10.9 Å². The molecule has 0 spiro atoms. The average molecular weight is 350 g/mol. The van der Waals surface area contributed by atoms with E-state index in [-0.39, 0.29) is 22.6 Å². The van der Waals surface area contributed by atoms with E-state index in [0.29, 0.717) is 10.9 Å². The molecule has 0 atom stereocenters. The van der Waals surface area contributed by atoms with E-state index in [9.17, 15) is 18.8 Å². The normalized spacial score (nSPS) is 13.0. The molecule has 0 fully saturated rings. The summed E-state index contributed by atoms with van der Waals surface area (Å²) in [5.74, 6) is -2.36. The lowest BCUT2D eigenvalue weighted by Crippen LogP contribution is -2.10. The number of carbonyl (C=O) groups is 1. The molecular weight excluding hydrogens is 336 g/mol. The Hall–Kier alpha value is -2.52. The molecule has 0 saturated carbocycles. The van der Waals surface area contributed by atoms with E-state index in [0.717, 1.165) is 19.1 Å². The molecule has 2 aromatic rings. The quantitative estimate of drug-likeness (QED) is 0.462. The molecule has 0 radical (unpaired) electrons. The lowest BCUT2D eigenvalue weighted by Gasteiger charge is -2.09. The molecule has 0 aliphatic heterocycles. The lowest BCUT2D eigenvalue weighted by molar-refractivity contribution is 0.103. The van der Waals surface area contributed by atoms with Gasteiger partial charge in [-0.1, -0.05) is 18.5 Å². The van der Waals surface area contributed by atoms with Gasteiger partial charge in [-0.2, -0.15) is 10.4 Å². The maximum atomic E-state index is 14.5. The molecule has 0 N–H and O–H groups in total. The first kappa shape index (κ1) is 17.8. The van der Waals surface area contributed by atoms with Gasteiger partial charge in [0.25, 0.3) is 0 Å². The van der Waals surface area contributed by atoms with Gasteiger partial charge in [-0.3, -0.25) is 9.48 Å². The fourth-order valence-electron chi connectivity index (χ4n) is 2.39. The van der Waals surface area contributed by atoms with Crippen LogP contribution in [0.1, 0.15) is 36.2 Å². The number of aromatic nitrogens is 2. The van der Waals surface area contributed by atoms with E-state index in [4.69, 9.17) is 11.6 Å². The fourth-order valence-corrected chi connectivity index (χ4v) is 2.53. The molecule has 0 amide bonds. The van der Waals surface area contributed by atoms with E-state index < -0.39 is 23.0 Å². The van der Waals surface area contributed by atoms with Crippen LogP contribution in [0, 0.1) is 17.1 Å². The molecule has 0 aliphatic carbocycles. The summed E-state index contributed by atoms with van der Waals surface area (Å²) in [6, 6.07) is 2.97. The van der Waals surface area contributed by atoms with E-state index in [2.05, 4.69) is 5.10 Å². The zero-order valence-corrected chi connectivity index (χ0v) is 14.1. The van der Waals surface area contributed by atoms with Gasteiger partial charge in [-0.15, -0.1) is 0 Å².